The summed E-state index contributed by atoms with van der Waals surface area (Å²) in [5.74, 6) is -0.873. The van der Waals surface area contributed by atoms with Gasteiger partial charge in [0.1, 0.15) is 31.0 Å². The van der Waals surface area contributed by atoms with Gasteiger partial charge >= 0.3 is 11.9 Å². The fourth-order valence-electron chi connectivity index (χ4n) is 5.57. The van der Waals surface area contributed by atoms with Crippen LogP contribution in [-0.2, 0) is 28.5 Å². The summed E-state index contributed by atoms with van der Waals surface area (Å²) in [6.07, 6.45) is 39.8. The lowest BCUT2D eigenvalue weighted by Crippen LogP contribution is -2.59. The predicted octanol–water partition coefficient (Wildman–Crippen LogP) is 8.38. The molecule has 0 amide bonds. The summed E-state index contributed by atoms with van der Waals surface area (Å²) in [4.78, 5) is 25.3. The third-order valence-electron chi connectivity index (χ3n) is 8.87. The van der Waals surface area contributed by atoms with E-state index in [9.17, 15) is 30.0 Å². The number of hydrogen-bond donors (Lipinski definition) is 4. The lowest BCUT2D eigenvalue weighted by Gasteiger charge is -2.39. The monoisotopic (exact) mass is 785 g/mol. The zero-order valence-corrected chi connectivity index (χ0v) is 34.1. The molecular formula is C46H72O10. The fraction of sp³-hybridized carbons (Fsp3) is 0.609. The minimum atomic E-state index is -1.61. The summed E-state index contributed by atoms with van der Waals surface area (Å²) >= 11 is 0. The van der Waals surface area contributed by atoms with Crippen LogP contribution in [0.1, 0.15) is 123 Å². The van der Waals surface area contributed by atoms with Gasteiger partial charge in [0, 0.05) is 12.8 Å². The molecule has 0 bridgehead atoms. The van der Waals surface area contributed by atoms with Crippen LogP contribution in [0.25, 0.3) is 0 Å². The summed E-state index contributed by atoms with van der Waals surface area (Å²) in [5, 5.41) is 40.0. The van der Waals surface area contributed by atoms with Crippen LogP contribution >= 0.6 is 0 Å². The molecule has 0 aliphatic carbocycles. The summed E-state index contributed by atoms with van der Waals surface area (Å²) in [6, 6.07) is 0. The molecule has 10 heteroatoms. The molecule has 6 atom stereocenters. The van der Waals surface area contributed by atoms with Crippen LogP contribution in [-0.4, -0.2) is 89.0 Å². The lowest BCUT2D eigenvalue weighted by molar-refractivity contribution is -0.305. The summed E-state index contributed by atoms with van der Waals surface area (Å²) in [7, 11) is 0. The van der Waals surface area contributed by atoms with Crippen molar-refractivity contribution in [2.75, 3.05) is 19.8 Å². The van der Waals surface area contributed by atoms with E-state index in [1.807, 2.05) is 54.7 Å². The first-order chi connectivity index (χ1) is 27.3. The number of unbranched alkanes of at least 4 members (excludes halogenated alkanes) is 11. The molecule has 1 saturated heterocycles. The van der Waals surface area contributed by atoms with Gasteiger partial charge in [-0.3, -0.25) is 9.59 Å². The number of aliphatic hydroxyl groups excluding tert-OH is 4. The van der Waals surface area contributed by atoms with Crippen LogP contribution < -0.4 is 0 Å². The largest absolute Gasteiger partial charge is 0.462 e. The molecule has 1 heterocycles. The van der Waals surface area contributed by atoms with E-state index in [1.54, 1.807) is 0 Å². The van der Waals surface area contributed by atoms with Crippen LogP contribution in [0, 0.1) is 0 Å². The molecule has 0 aromatic rings. The highest BCUT2D eigenvalue weighted by Gasteiger charge is 2.44. The van der Waals surface area contributed by atoms with Crippen LogP contribution in [0.4, 0.5) is 0 Å². The highest BCUT2D eigenvalue weighted by atomic mass is 16.7. The lowest BCUT2D eigenvalue weighted by atomic mass is 9.99. The van der Waals surface area contributed by atoms with Gasteiger partial charge in [0.2, 0.25) is 0 Å². The van der Waals surface area contributed by atoms with E-state index in [2.05, 4.69) is 56.4 Å². The van der Waals surface area contributed by atoms with Crippen LogP contribution in [0.15, 0.2) is 97.2 Å². The van der Waals surface area contributed by atoms with Crippen molar-refractivity contribution < 1.29 is 49.0 Å². The topological polar surface area (TPSA) is 152 Å². The minimum absolute atomic E-state index is 0.194. The predicted molar refractivity (Wildman–Crippen MR) is 224 cm³/mol. The maximum absolute atomic E-state index is 12.7. The van der Waals surface area contributed by atoms with Crippen molar-refractivity contribution in [1.82, 2.24) is 0 Å². The molecule has 0 spiro atoms. The zero-order valence-electron chi connectivity index (χ0n) is 34.1. The second kappa shape index (κ2) is 36.0. The van der Waals surface area contributed by atoms with Crippen LogP contribution in [0.2, 0.25) is 0 Å². The van der Waals surface area contributed by atoms with E-state index < -0.39 is 55.4 Å². The smallest absolute Gasteiger partial charge is 0.306 e. The Hall–Kier alpha value is -3.38. The van der Waals surface area contributed by atoms with E-state index in [0.717, 1.165) is 83.5 Å². The number of rotatable bonds is 32. The molecule has 0 radical (unpaired) electrons. The van der Waals surface area contributed by atoms with Gasteiger partial charge in [-0.2, -0.15) is 0 Å². The van der Waals surface area contributed by atoms with Crippen LogP contribution in [0.3, 0.4) is 0 Å². The van der Waals surface area contributed by atoms with E-state index >= 15 is 0 Å². The van der Waals surface area contributed by atoms with Crippen molar-refractivity contribution in [1.29, 1.82) is 0 Å². The number of allylic oxidation sites excluding steroid dienone is 16. The second-order valence-electron chi connectivity index (χ2n) is 13.9. The Balaban J connectivity index is 2.40. The molecule has 10 nitrogen and oxygen atoms in total. The normalized spacial score (nSPS) is 21.4. The molecule has 4 N–H and O–H groups in total. The minimum Gasteiger partial charge on any atom is -0.462 e. The quantitative estimate of drug-likeness (QED) is 0.0298. The molecule has 0 aromatic carbocycles. The Labute approximate surface area is 337 Å². The highest BCUT2D eigenvalue weighted by Crippen LogP contribution is 2.22. The zero-order chi connectivity index (χ0) is 40.9. The average molecular weight is 785 g/mol. The van der Waals surface area contributed by atoms with Gasteiger partial charge in [0.05, 0.1) is 13.2 Å². The first-order valence-electron chi connectivity index (χ1n) is 20.9. The summed E-state index contributed by atoms with van der Waals surface area (Å²) in [6.45, 7) is 3.12. The summed E-state index contributed by atoms with van der Waals surface area (Å²) < 4.78 is 22.1. The molecule has 1 fully saturated rings. The maximum atomic E-state index is 12.7. The van der Waals surface area contributed by atoms with Crippen molar-refractivity contribution in [3.63, 3.8) is 0 Å². The van der Waals surface area contributed by atoms with Crippen LogP contribution in [0.5, 0.6) is 0 Å². The first-order valence-corrected chi connectivity index (χ1v) is 20.9. The Bertz CT molecular complexity index is 1230. The van der Waals surface area contributed by atoms with Gasteiger partial charge in [-0.25, -0.2) is 0 Å². The summed E-state index contributed by atoms with van der Waals surface area (Å²) in [5.41, 5.74) is 0. The van der Waals surface area contributed by atoms with E-state index in [-0.39, 0.29) is 26.1 Å². The average Bonchev–Trinajstić information content (AvgIpc) is 3.19. The Kier molecular flexibility index (Phi) is 32.5. The van der Waals surface area contributed by atoms with Gasteiger partial charge in [0.25, 0.3) is 0 Å². The second-order valence-corrected chi connectivity index (χ2v) is 13.9. The van der Waals surface area contributed by atoms with Crippen molar-refractivity contribution in [2.45, 2.75) is 160 Å². The van der Waals surface area contributed by atoms with Gasteiger partial charge in [-0.05, 0) is 51.4 Å². The molecular weight excluding hydrogens is 712 g/mol. The third-order valence-corrected chi connectivity index (χ3v) is 8.87. The van der Waals surface area contributed by atoms with E-state index in [1.165, 1.54) is 0 Å². The Morgan fingerprint density at radius 2 is 1.05 bits per heavy atom. The van der Waals surface area contributed by atoms with Gasteiger partial charge in [0.15, 0.2) is 12.4 Å². The first kappa shape index (κ1) is 50.6. The molecule has 0 saturated carbocycles. The van der Waals surface area contributed by atoms with Crippen molar-refractivity contribution in [3.8, 4) is 0 Å². The molecule has 56 heavy (non-hydrogen) atoms. The molecule has 1 aliphatic heterocycles. The Morgan fingerprint density at radius 1 is 0.571 bits per heavy atom. The standard InChI is InChI=1S/C46H72O10/c1-3-5-7-9-11-13-15-17-18-19-20-21-23-24-26-28-30-32-34-41(48)53-37-39(38-54-46-45(52)44(51)43(50)40(36-47)56-46)55-42(49)35-33-31-29-27-25-22-16-14-12-10-8-6-4-2/h6-21,39-40,43-47,50-52H,3-5,22-38H2,1-2H3/b8-6+,9-7+,12-10+,13-11+,16-14+,17-15+,19-18+,21-20+/t39?,40-,43+,44?,45?,46-/m0/s1. The van der Waals surface area contributed by atoms with E-state index in [0.29, 0.717) is 12.8 Å². The van der Waals surface area contributed by atoms with Gasteiger partial charge in [-0.15, -0.1) is 0 Å². The number of esters is 2. The number of hydrogen-bond acceptors (Lipinski definition) is 10. The number of aliphatic hydroxyl groups is 4. The fourth-order valence-corrected chi connectivity index (χ4v) is 5.57. The van der Waals surface area contributed by atoms with Crippen molar-refractivity contribution in [3.05, 3.63) is 97.2 Å². The molecule has 1 aliphatic rings. The molecule has 316 valence electrons. The van der Waals surface area contributed by atoms with Gasteiger partial charge in [-0.1, -0.05) is 156 Å². The number of carbonyl (C=O) groups excluding carboxylic acids is 2. The van der Waals surface area contributed by atoms with Crippen molar-refractivity contribution in [2.24, 2.45) is 0 Å². The third kappa shape index (κ3) is 27.3. The molecule has 3 unspecified atom stereocenters. The highest BCUT2D eigenvalue weighted by molar-refractivity contribution is 5.70. The Morgan fingerprint density at radius 3 is 1.59 bits per heavy atom. The SMILES string of the molecule is CC/C=C/C=C/C=C/CCCCCCCC(=O)OC(COC(=O)CCCCCCC/C=C/C=C/C=C/C=C/C=C/CCC)CO[C@H]1O[C@@H](CO)[C@@H](O)C(O)C1O. The van der Waals surface area contributed by atoms with Crippen molar-refractivity contribution >= 4 is 11.9 Å². The molecule has 1 rings (SSSR count). The molecule has 0 aromatic heterocycles. The maximum Gasteiger partial charge on any atom is 0.306 e. The number of carbonyl (C=O) groups is 2. The number of ether oxygens (including phenoxy) is 4. The van der Waals surface area contributed by atoms with E-state index in [4.69, 9.17) is 18.9 Å². The van der Waals surface area contributed by atoms with Gasteiger partial charge < -0.3 is 39.4 Å².